The van der Waals surface area contributed by atoms with Gasteiger partial charge in [0.15, 0.2) is 18.2 Å². The Morgan fingerprint density at radius 3 is 2.45 bits per heavy atom. The molecule has 0 aliphatic rings. The Morgan fingerprint density at radius 2 is 1.76 bits per heavy atom. The molecule has 0 radical (unpaired) electrons. The molecule has 3 aromatic rings. The van der Waals surface area contributed by atoms with Crippen molar-refractivity contribution in [3.63, 3.8) is 0 Å². The van der Waals surface area contributed by atoms with Crippen LogP contribution in [0, 0.1) is 0 Å². The van der Waals surface area contributed by atoms with Gasteiger partial charge in [-0.2, -0.15) is 4.72 Å². The van der Waals surface area contributed by atoms with E-state index in [1.54, 1.807) is 18.2 Å². The second-order valence-corrected chi connectivity index (χ2v) is 7.87. The van der Waals surface area contributed by atoms with Crippen molar-refractivity contribution in [3.8, 4) is 0 Å². The highest BCUT2D eigenvalue weighted by atomic mass is 32.2. The standard InChI is InChI=1S/C19H18N4O5S/c1-12(24)13-6-8-14(9-7-13)29(26,27)21-10-18(25)28-11-17-22-16-5-3-2-4-15(16)19(20)23-17/h2-9,21H,10-11H2,1H3,(H2,20,22,23). The molecule has 0 saturated heterocycles. The third kappa shape index (κ3) is 4.92. The average molecular weight is 414 g/mol. The van der Waals surface area contributed by atoms with Crippen molar-refractivity contribution in [3.05, 3.63) is 59.9 Å². The van der Waals surface area contributed by atoms with E-state index in [9.17, 15) is 18.0 Å². The van der Waals surface area contributed by atoms with Gasteiger partial charge in [0, 0.05) is 10.9 Å². The molecule has 1 aromatic heterocycles. The van der Waals surface area contributed by atoms with Gasteiger partial charge in [-0.3, -0.25) is 9.59 Å². The second kappa shape index (κ2) is 8.33. The number of carbonyl (C=O) groups is 2. The minimum absolute atomic E-state index is 0.0686. The lowest BCUT2D eigenvalue weighted by atomic mass is 10.2. The number of ketones is 1. The topological polar surface area (TPSA) is 141 Å². The minimum atomic E-state index is -3.93. The number of fused-ring (bicyclic) bond motifs is 1. The third-order valence-electron chi connectivity index (χ3n) is 4.02. The van der Waals surface area contributed by atoms with Gasteiger partial charge in [0.05, 0.1) is 10.4 Å². The molecule has 0 atom stereocenters. The molecule has 0 amide bonds. The van der Waals surface area contributed by atoms with Crippen LogP contribution >= 0.6 is 0 Å². The summed E-state index contributed by atoms with van der Waals surface area (Å²) in [5, 5.41) is 0.686. The Morgan fingerprint density at radius 1 is 1.07 bits per heavy atom. The van der Waals surface area contributed by atoms with Crippen LogP contribution in [-0.2, 0) is 26.2 Å². The van der Waals surface area contributed by atoms with Gasteiger partial charge in [-0.15, -0.1) is 0 Å². The normalized spacial score (nSPS) is 11.3. The Balaban J connectivity index is 1.59. The van der Waals surface area contributed by atoms with Crippen LogP contribution in [0.1, 0.15) is 23.1 Å². The predicted molar refractivity (Wildman–Crippen MR) is 105 cm³/mol. The number of para-hydroxylation sites is 1. The molecule has 2 aromatic carbocycles. The largest absolute Gasteiger partial charge is 0.456 e. The van der Waals surface area contributed by atoms with Crippen molar-refractivity contribution in [1.82, 2.24) is 14.7 Å². The molecule has 0 aliphatic heterocycles. The molecule has 10 heteroatoms. The second-order valence-electron chi connectivity index (χ2n) is 6.11. The first kappa shape index (κ1) is 20.4. The maximum atomic E-state index is 12.2. The highest BCUT2D eigenvalue weighted by molar-refractivity contribution is 7.89. The lowest BCUT2D eigenvalue weighted by Gasteiger charge is -2.08. The van der Waals surface area contributed by atoms with Crippen LogP contribution in [0.5, 0.6) is 0 Å². The monoisotopic (exact) mass is 414 g/mol. The van der Waals surface area contributed by atoms with Crippen molar-refractivity contribution in [2.24, 2.45) is 0 Å². The fourth-order valence-corrected chi connectivity index (χ4v) is 3.49. The maximum Gasteiger partial charge on any atom is 0.321 e. The summed E-state index contributed by atoms with van der Waals surface area (Å²) in [6.07, 6.45) is 0. The highest BCUT2D eigenvalue weighted by Gasteiger charge is 2.17. The van der Waals surface area contributed by atoms with E-state index >= 15 is 0 Å². The molecule has 3 rings (SSSR count). The zero-order valence-electron chi connectivity index (χ0n) is 15.5. The quantitative estimate of drug-likeness (QED) is 0.437. The van der Waals surface area contributed by atoms with Gasteiger partial charge in [0.2, 0.25) is 10.0 Å². The van der Waals surface area contributed by atoms with Crippen molar-refractivity contribution in [1.29, 1.82) is 0 Å². The molecule has 0 aliphatic carbocycles. The van der Waals surface area contributed by atoms with Gasteiger partial charge in [0.25, 0.3) is 0 Å². The summed E-state index contributed by atoms with van der Waals surface area (Å²) in [6.45, 7) is 0.563. The SMILES string of the molecule is CC(=O)c1ccc(S(=O)(=O)NCC(=O)OCc2nc(N)c3ccccc3n2)cc1. The first-order valence-electron chi connectivity index (χ1n) is 8.54. The van der Waals surface area contributed by atoms with E-state index < -0.39 is 22.5 Å². The van der Waals surface area contributed by atoms with E-state index in [4.69, 9.17) is 10.5 Å². The molecule has 0 fully saturated rings. The summed E-state index contributed by atoms with van der Waals surface area (Å²) >= 11 is 0. The van der Waals surface area contributed by atoms with Crippen LogP contribution in [0.2, 0.25) is 0 Å². The summed E-state index contributed by atoms with van der Waals surface area (Å²) in [4.78, 5) is 31.4. The summed E-state index contributed by atoms with van der Waals surface area (Å²) in [5.74, 6) is -0.514. The molecule has 3 N–H and O–H groups in total. The van der Waals surface area contributed by atoms with Gasteiger partial charge in [-0.1, -0.05) is 24.3 Å². The highest BCUT2D eigenvalue weighted by Crippen LogP contribution is 2.17. The first-order valence-corrected chi connectivity index (χ1v) is 10.0. The zero-order chi connectivity index (χ0) is 21.0. The number of esters is 1. The summed E-state index contributed by atoms with van der Waals surface area (Å²) in [5.41, 5.74) is 6.87. The number of aromatic nitrogens is 2. The molecule has 29 heavy (non-hydrogen) atoms. The van der Waals surface area contributed by atoms with E-state index in [0.29, 0.717) is 16.5 Å². The molecule has 0 saturated carbocycles. The number of carbonyl (C=O) groups excluding carboxylic acids is 2. The van der Waals surface area contributed by atoms with Gasteiger partial charge in [-0.25, -0.2) is 18.4 Å². The minimum Gasteiger partial charge on any atom is -0.456 e. The predicted octanol–water partition coefficient (Wildman–Crippen LogP) is 1.44. The Labute approximate surface area is 167 Å². The maximum absolute atomic E-state index is 12.2. The number of ether oxygens (including phenoxy) is 1. The van der Waals surface area contributed by atoms with Gasteiger partial charge < -0.3 is 10.5 Å². The number of hydrogen-bond acceptors (Lipinski definition) is 8. The number of nitrogens with zero attached hydrogens (tertiary/aromatic N) is 2. The van der Waals surface area contributed by atoms with E-state index in [0.717, 1.165) is 0 Å². The van der Waals surface area contributed by atoms with Crippen molar-refractivity contribution in [2.75, 3.05) is 12.3 Å². The molecule has 0 spiro atoms. The average Bonchev–Trinajstić information content (AvgIpc) is 2.71. The Bertz CT molecular complexity index is 1180. The van der Waals surface area contributed by atoms with Crippen molar-refractivity contribution >= 4 is 38.5 Å². The van der Waals surface area contributed by atoms with E-state index in [2.05, 4.69) is 14.7 Å². The van der Waals surface area contributed by atoms with E-state index in [-0.39, 0.29) is 28.9 Å². The van der Waals surface area contributed by atoms with Gasteiger partial charge in [-0.05, 0) is 31.2 Å². The number of sulfonamides is 1. The number of nitrogens with two attached hydrogens (primary N) is 1. The van der Waals surface area contributed by atoms with Crippen LogP contribution in [0.4, 0.5) is 5.82 Å². The number of Topliss-reactive ketones (excluding diaryl/α,β-unsaturated/α-hetero) is 1. The fourth-order valence-electron chi connectivity index (χ4n) is 2.52. The first-order chi connectivity index (χ1) is 13.8. The zero-order valence-corrected chi connectivity index (χ0v) is 16.3. The molecular weight excluding hydrogens is 396 g/mol. The number of benzene rings is 2. The smallest absolute Gasteiger partial charge is 0.321 e. The summed E-state index contributed by atoms with van der Waals surface area (Å²) in [7, 11) is -3.93. The summed E-state index contributed by atoms with van der Waals surface area (Å²) < 4.78 is 31.6. The molecule has 0 bridgehead atoms. The number of nitrogen functional groups attached to an aromatic ring is 1. The third-order valence-corrected chi connectivity index (χ3v) is 5.44. The number of rotatable bonds is 7. The molecule has 1 heterocycles. The van der Waals surface area contributed by atoms with E-state index in [1.807, 2.05) is 6.07 Å². The van der Waals surface area contributed by atoms with Gasteiger partial charge in [0.1, 0.15) is 12.4 Å². The number of nitrogens with one attached hydrogen (secondary N) is 1. The fraction of sp³-hybridized carbons (Fsp3) is 0.158. The number of hydrogen-bond donors (Lipinski definition) is 2. The summed E-state index contributed by atoms with van der Waals surface area (Å²) in [6, 6.07) is 12.5. The van der Waals surface area contributed by atoms with Crippen LogP contribution in [0.25, 0.3) is 10.9 Å². The van der Waals surface area contributed by atoms with Gasteiger partial charge >= 0.3 is 5.97 Å². The molecule has 9 nitrogen and oxygen atoms in total. The number of anilines is 1. The van der Waals surface area contributed by atoms with Crippen LogP contribution < -0.4 is 10.5 Å². The molecule has 0 unspecified atom stereocenters. The Kier molecular flexibility index (Phi) is 5.85. The van der Waals surface area contributed by atoms with E-state index in [1.165, 1.54) is 31.2 Å². The van der Waals surface area contributed by atoms with Crippen LogP contribution in [0.3, 0.4) is 0 Å². The van der Waals surface area contributed by atoms with Crippen LogP contribution in [0.15, 0.2) is 53.4 Å². The lowest BCUT2D eigenvalue weighted by molar-refractivity contribution is -0.143. The van der Waals surface area contributed by atoms with Crippen LogP contribution in [-0.4, -0.2) is 36.7 Å². The van der Waals surface area contributed by atoms with Crippen molar-refractivity contribution < 1.29 is 22.7 Å². The Hall–Kier alpha value is -3.37. The molecule has 150 valence electrons. The lowest BCUT2D eigenvalue weighted by Crippen LogP contribution is -2.30. The van der Waals surface area contributed by atoms with Crippen molar-refractivity contribution in [2.45, 2.75) is 18.4 Å². The molecular formula is C19H18N4O5S.